The molecule has 2 aromatic carbocycles. The first-order valence-electron chi connectivity index (χ1n) is 16.0. The Hall–Kier alpha value is -4.15. The molecule has 47 heavy (non-hydrogen) atoms. The number of nitrogens with zero attached hydrogens (tertiary/aromatic N) is 6. The molecule has 3 fully saturated rings. The average molecular weight is 656 g/mol. The zero-order valence-corrected chi connectivity index (χ0v) is 27.6. The van der Waals surface area contributed by atoms with Crippen LogP contribution in [0.1, 0.15) is 56.4 Å². The maximum absolute atomic E-state index is 16.6. The number of aromatic nitrogens is 3. The molecule has 7 rings (SSSR count). The van der Waals surface area contributed by atoms with E-state index >= 15 is 4.39 Å². The van der Waals surface area contributed by atoms with Gasteiger partial charge in [0.1, 0.15) is 28.7 Å². The zero-order valence-electron chi connectivity index (χ0n) is 27.6. The molecular weight excluding hydrogens is 614 g/mol. The van der Waals surface area contributed by atoms with Gasteiger partial charge in [0.15, 0.2) is 5.82 Å². The zero-order chi connectivity index (χ0) is 34.2. The number of fused-ring (bicyclic) bond motifs is 4. The van der Waals surface area contributed by atoms with Crippen LogP contribution in [0.5, 0.6) is 11.8 Å². The van der Waals surface area contributed by atoms with E-state index in [0.29, 0.717) is 18.6 Å². The van der Waals surface area contributed by atoms with E-state index in [1.54, 1.807) is 18.5 Å². The molecule has 3 aliphatic rings. The Bertz CT molecular complexity index is 1810. The van der Waals surface area contributed by atoms with E-state index in [9.17, 15) is 23.5 Å². The van der Waals surface area contributed by atoms with E-state index in [2.05, 4.69) is 27.2 Å². The molecule has 4 aromatic rings. The molecule has 0 saturated carbocycles. The number of hydrogen-bond acceptors (Lipinski definition) is 8. The summed E-state index contributed by atoms with van der Waals surface area (Å²) < 4.78 is 67.6. The van der Waals surface area contributed by atoms with Crippen molar-refractivity contribution in [2.45, 2.75) is 64.7 Å². The minimum Gasteiger partial charge on any atom is -0.507 e. The number of phenols is 1. The van der Waals surface area contributed by atoms with Gasteiger partial charge in [0.2, 0.25) is 0 Å². The number of ether oxygens (including phenoxy) is 1. The summed E-state index contributed by atoms with van der Waals surface area (Å²) in [5, 5.41) is 23.5. The van der Waals surface area contributed by atoms with Crippen molar-refractivity contribution < 1.29 is 27.4 Å². The van der Waals surface area contributed by atoms with Gasteiger partial charge in [0.05, 0.1) is 18.2 Å². The van der Waals surface area contributed by atoms with E-state index in [0.717, 1.165) is 18.9 Å². The molecule has 13 heteroatoms. The monoisotopic (exact) mass is 655 g/mol. The Morgan fingerprint density at radius 1 is 1.04 bits per heavy atom. The first-order chi connectivity index (χ1) is 22.4. The van der Waals surface area contributed by atoms with E-state index in [4.69, 9.17) is 4.74 Å². The van der Waals surface area contributed by atoms with Crippen molar-refractivity contribution in [1.29, 1.82) is 5.26 Å². The molecule has 2 bridgehead atoms. The van der Waals surface area contributed by atoms with Gasteiger partial charge in [-0.1, -0.05) is 13.8 Å². The predicted octanol–water partition coefficient (Wildman–Crippen LogP) is 6.52. The van der Waals surface area contributed by atoms with Crippen molar-refractivity contribution in [2.24, 2.45) is 7.05 Å². The molecule has 0 amide bonds. The van der Waals surface area contributed by atoms with Crippen molar-refractivity contribution >= 4 is 27.6 Å². The lowest BCUT2D eigenvalue weighted by Gasteiger charge is -2.34. The van der Waals surface area contributed by atoms with Gasteiger partial charge >= 0.3 is 12.2 Å². The fourth-order valence-corrected chi connectivity index (χ4v) is 6.90. The number of methoxy groups -OCH3 is 1. The van der Waals surface area contributed by atoms with Crippen LogP contribution in [-0.4, -0.2) is 77.0 Å². The number of phenolic OH excluding ortho intramolecular Hbond substituents is 1. The molecule has 5 heterocycles. The SMILES string of the molecule is CC.CN1CCCC1.COc1nc(N2CC3CCC(C2)N3)c2cc(C(F)(F)F)c(-c3c(C)n(C)c4ccc(O)c(C#N)c34)c(F)c2n1. The highest BCUT2D eigenvalue weighted by molar-refractivity contribution is 6.06. The first kappa shape index (κ1) is 34.2. The van der Waals surface area contributed by atoms with Crippen LogP contribution in [0, 0.1) is 24.1 Å². The summed E-state index contributed by atoms with van der Waals surface area (Å²) in [6, 6.07) is 5.66. The molecule has 0 aliphatic carbocycles. The number of anilines is 1. The lowest BCUT2D eigenvalue weighted by atomic mass is 9.92. The fourth-order valence-electron chi connectivity index (χ4n) is 6.90. The molecule has 9 nitrogen and oxygen atoms in total. The van der Waals surface area contributed by atoms with Crippen molar-refractivity contribution in [3.63, 3.8) is 0 Å². The Labute approximate surface area is 271 Å². The maximum Gasteiger partial charge on any atom is 0.417 e. The average Bonchev–Trinajstić information content (AvgIpc) is 3.74. The summed E-state index contributed by atoms with van der Waals surface area (Å²) in [5.74, 6) is -1.44. The molecule has 0 spiro atoms. The standard InChI is InChI=1S/C27H24F4N6O2.C5H11N.C2H6/c1-12-20(21-16(9-32)19(38)7-6-18(21)36(12)2)22-17(27(29,30)31)8-15-24(23(22)28)34-26(39-3)35-25(15)37-10-13-4-5-14(11-37)33-13;1-6-4-2-3-5-6;1-2/h6-8,13-14,33,38H,4-5,10-11H2,1-3H3;2-5H2,1H3;1-2H3. The third-order valence-electron chi connectivity index (χ3n) is 9.22. The topological polar surface area (TPSA) is 102 Å². The van der Waals surface area contributed by atoms with Gasteiger partial charge in [0.25, 0.3) is 0 Å². The van der Waals surface area contributed by atoms with E-state index in [-0.39, 0.29) is 57.0 Å². The molecular formula is C34H41F4N7O2. The number of hydrogen-bond donors (Lipinski definition) is 2. The smallest absolute Gasteiger partial charge is 0.417 e. The van der Waals surface area contributed by atoms with Gasteiger partial charge in [-0.15, -0.1) is 0 Å². The van der Waals surface area contributed by atoms with Crippen molar-refractivity contribution in [1.82, 2.24) is 24.8 Å². The summed E-state index contributed by atoms with van der Waals surface area (Å²) in [6.45, 7) is 9.19. The van der Waals surface area contributed by atoms with Crippen molar-refractivity contribution in [2.75, 3.05) is 45.2 Å². The van der Waals surface area contributed by atoms with Crippen molar-refractivity contribution in [3.8, 4) is 29.0 Å². The quantitative estimate of drug-likeness (QED) is 0.241. The number of nitrogens with one attached hydrogen (secondary N) is 1. The maximum atomic E-state index is 16.6. The van der Waals surface area contributed by atoms with Crippen molar-refractivity contribution in [3.05, 3.63) is 40.8 Å². The molecule has 3 aliphatic heterocycles. The van der Waals surface area contributed by atoms with E-state index in [1.165, 1.54) is 45.2 Å². The van der Waals surface area contributed by atoms with E-state index < -0.39 is 28.9 Å². The predicted molar refractivity (Wildman–Crippen MR) is 174 cm³/mol. The molecule has 0 radical (unpaired) electrons. The lowest BCUT2D eigenvalue weighted by Crippen LogP contribution is -2.51. The van der Waals surface area contributed by atoms with Gasteiger partial charge in [-0.25, -0.2) is 4.39 Å². The minimum atomic E-state index is -4.96. The highest BCUT2D eigenvalue weighted by Gasteiger charge is 2.40. The van der Waals surface area contributed by atoms with Gasteiger partial charge < -0.3 is 29.5 Å². The molecule has 252 valence electrons. The molecule has 3 saturated heterocycles. The van der Waals surface area contributed by atoms with Crippen LogP contribution in [0.15, 0.2) is 18.2 Å². The minimum absolute atomic E-state index is 0.0289. The van der Waals surface area contributed by atoms with Gasteiger partial charge in [-0.2, -0.15) is 28.4 Å². The third-order valence-corrected chi connectivity index (χ3v) is 9.22. The Morgan fingerprint density at radius 2 is 1.68 bits per heavy atom. The van der Waals surface area contributed by atoms with Crippen LogP contribution in [0.3, 0.4) is 0 Å². The summed E-state index contributed by atoms with van der Waals surface area (Å²) in [4.78, 5) is 12.7. The van der Waals surface area contributed by atoms with Gasteiger partial charge in [0, 0.05) is 59.8 Å². The molecule has 2 aromatic heterocycles. The van der Waals surface area contributed by atoms with Crippen LogP contribution in [-0.2, 0) is 13.2 Å². The largest absolute Gasteiger partial charge is 0.507 e. The summed E-state index contributed by atoms with van der Waals surface area (Å²) in [5.41, 5.74) is -1.99. The lowest BCUT2D eigenvalue weighted by molar-refractivity contribution is -0.137. The second-order valence-electron chi connectivity index (χ2n) is 12.1. The number of piperazine rings is 1. The number of rotatable bonds is 3. The van der Waals surface area contributed by atoms with Gasteiger partial charge in [-0.3, -0.25) is 0 Å². The Kier molecular flexibility index (Phi) is 9.84. The number of aryl methyl sites for hydroxylation is 1. The normalized spacial score (nSPS) is 19.3. The third kappa shape index (κ3) is 6.28. The molecule has 2 atom stereocenters. The fraction of sp³-hybridized carbons (Fsp3) is 0.500. The second-order valence-corrected chi connectivity index (χ2v) is 12.1. The highest BCUT2D eigenvalue weighted by atomic mass is 19.4. The van der Waals surface area contributed by atoms with Crippen LogP contribution >= 0.6 is 0 Å². The number of aromatic hydroxyl groups is 1. The van der Waals surface area contributed by atoms with Gasteiger partial charge in [-0.05, 0) is 70.9 Å². The molecule has 2 N–H and O–H groups in total. The number of alkyl halides is 3. The number of halogens is 4. The Balaban J connectivity index is 0.000000482. The highest BCUT2D eigenvalue weighted by Crippen LogP contribution is 2.48. The van der Waals surface area contributed by atoms with Crippen LogP contribution in [0.25, 0.3) is 32.9 Å². The summed E-state index contributed by atoms with van der Waals surface area (Å²) >= 11 is 0. The summed E-state index contributed by atoms with van der Waals surface area (Å²) in [6.07, 6.45) is -0.264. The number of benzene rings is 2. The number of nitriles is 1. The first-order valence-corrected chi connectivity index (χ1v) is 16.0. The Morgan fingerprint density at radius 3 is 2.21 bits per heavy atom. The number of likely N-dealkylation sites (tertiary alicyclic amines) is 1. The van der Waals surface area contributed by atoms with Crippen LogP contribution < -0.4 is 15.0 Å². The van der Waals surface area contributed by atoms with E-state index in [1.807, 2.05) is 24.8 Å². The summed E-state index contributed by atoms with van der Waals surface area (Å²) in [7, 11) is 5.09. The second kappa shape index (κ2) is 13.5. The van der Waals surface area contributed by atoms with Crippen LogP contribution in [0.2, 0.25) is 0 Å². The van der Waals surface area contributed by atoms with Crippen LogP contribution in [0.4, 0.5) is 23.4 Å². The molecule has 2 unspecified atom stereocenters.